The Bertz CT molecular complexity index is 861. The fraction of sp³-hybridized carbons (Fsp3) is 0.391. The second-order valence-electron chi connectivity index (χ2n) is 7.60. The van der Waals surface area contributed by atoms with Crippen molar-refractivity contribution >= 4 is 12.1 Å². The number of carbonyl (C=O) groups is 2. The molecule has 29 heavy (non-hydrogen) atoms. The van der Waals surface area contributed by atoms with Crippen LogP contribution in [0.2, 0.25) is 0 Å². The number of ether oxygens (including phenoxy) is 3. The molecule has 6 heteroatoms. The van der Waals surface area contributed by atoms with Gasteiger partial charge in [-0.2, -0.15) is 0 Å². The van der Waals surface area contributed by atoms with E-state index in [9.17, 15) is 9.59 Å². The zero-order chi connectivity index (χ0) is 20.3. The van der Waals surface area contributed by atoms with Gasteiger partial charge in [-0.1, -0.05) is 42.5 Å². The summed E-state index contributed by atoms with van der Waals surface area (Å²) in [5, 5.41) is 0. The molecule has 4 rings (SSSR count). The predicted molar refractivity (Wildman–Crippen MR) is 106 cm³/mol. The van der Waals surface area contributed by atoms with Gasteiger partial charge in [0.1, 0.15) is 6.61 Å². The highest BCUT2D eigenvalue weighted by molar-refractivity contribution is 5.89. The average molecular weight is 395 g/mol. The maximum absolute atomic E-state index is 12.9. The lowest BCUT2D eigenvalue weighted by Gasteiger charge is -2.50. The number of methoxy groups -OCH3 is 1. The van der Waals surface area contributed by atoms with Crippen molar-refractivity contribution in [2.24, 2.45) is 0 Å². The van der Waals surface area contributed by atoms with Gasteiger partial charge in [0.2, 0.25) is 0 Å². The molecule has 1 spiro atoms. The van der Waals surface area contributed by atoms with Crippen molar-refractivity contribution < 1.29 is 23.8 Å². The van der Waals surface area contributed by atoms with Gasteiger partial charge in [0.15, 0.2) is 0 Å². The fourth-order valence-electron chi connectivity index (χ4n) is 4.07. The molecule has 2 atom stereocenters. The van der Waals surface area contributed by atoms with Gasteiger partial charge in [0.25, 0.3) is 0 Å². The maximum Gasteiger partial charge on any atom is 0.410 e. The van der Waals surface area contributed by atoms with Crippen LogP contribution in [0, 0.1) is 0 Å². The molecule has 2 unspecified atom stereocenters. The molecule has 2 aromatic rings. The summed E-state index contributed by atoms with van der Waals surface area (Å²) in [5.41, 5.74) is 2.25. The first-order chi connectivity index (χ1) is 14.1. The van der Waals surface area contributed by atoms with Crippen LogP contribution < -0.4 is 0 Å². The van der Waals surface area contributed by atoms with E-state index in [1.807, 2.05) is 42.5 Å². The summed E-state index contributed by atoms with van der Waals surface area (Å²) >= 11 is 0. The zero-order valence-electron chi connectivity index (χ0n) is 16.5. The van der Waals surface area contributed by atoms with Gasteiger partial charge in [-0.15, -0.1) is 0 Å². The Kier molecular flexibility index (Phi) is 5.53. The van der Waals surface area contributed by atoms with E-state index < -0.39 is 0 Å². The summed E-state index contributed by atoms with van der Waals surface area (Å²) in [6.07, 6.45) is 2.22. The lowest BCUT2D eigenvalue weighted by molar-refractivity contribution is -0.181. The maximum atomic E-state index is 12.9. The van der Waals surface area contributed by atoms with E-state index >= 15 is 0 Å². The van der Waals surface area contributed by atoms with Crippen molar-refractivity contribution in [1.29, 1.82) is 0 Å². The SMILES string of the molecule is COC(=O)c1ccc(C2CC3(CCO3)CCN2C(=O)OCc2ccccc2)cc1. The molecule has 0 saturated carbocycles. The summed E-state index contributed by atoms with van der Waals surface area (Å²) in [6, 6.07) is 16.7. The van der Waals surface area contributed by atoms with Crippen LogP contribution in [0.3, 0.4) is 0 Å². The van der Waals surface area contributed by atoms with E-state index in [1.54, 1.807) is 17.0 Å². The molecule has 0 bridgehead atoms. The van der Waals surface area contributed by atoms with Gasteiger partial charge in [0, 0.05) is 13.0 Å². The molecule has 0 aromatic heterocycles. The molecule has 0 radical (unpaired) electrons. The number of piperidine rings is 1. The first kappa shape index (κ1) is 19.5. The number of rotatable bonds is 4. The normalized spacial score (nSPS) is 23.3. The Labute approximate surface area is 170 Å². The molecule has 0 N–H and O–H groups in total. The van der Waals surface area contributed by atoms with Crippen LogP contribution in [-0.2, 0) is 20.8 Å². The molecular formula is C23H25NO5. The molecule has 2 heterocycles. The highest BCUT2D eigenvalue weighted by Crippen LogP contribution is 2.45. The van der Waals surface area contributed by atoms with E-state index in [0.29, 0.717) is 12.1 Å². The van der Waals surface area contributed by atoms with Crippen molar-refractivity contribution in [3.8, 4) is 0 Å². The van der Waals surface area contributed by atoms with Gasteiger partial charge in [-0.05, 0) is 36.1 Å². The van der Waals surface area contributed by atoms with Crippen LogP contribution in [0.1, 0.15) is 46.8 Å². The zero-order valence-corrected chi connectivity index (χ0v) is 16.5. The van der Waals surface area contributed by atoms with Crippen LogP contribution in [0.4, 0.5) is 4.79 Å². The summed E-state index contributed by atoms with van der Waals surface area (Å²) < 4.78 is 16.3. The van der Waals surface area contributed by atoms with Crippen molar-refractivity contribution in [2.45, 2.75) is 37.5 Å². The van der Waals surface area contributed by atoms with E-state index in [1.165, 1.54) is 7.11 Å². The Balaban J connectivity index is 1.51. The molecular weight excluding hydrogens is 370 g/mol. The highest BCUT2D eigenvalue weighted by Gasteiger charge is 2.47. The van der Waals surface area contributed by atoms with Crippen molar-refractivity contribution in [3.05, 3.63) is 71.3 Å². The minimum absolute atomic E-state index is 0.151. The Hall–Kier alpha value is -2.86. The fourth-order valence-corrected chi connectivity index (χ4v) is 4.07. The lowest BCUT2D eigenvalue weighted by atomic mass is 9.78. The second kappa shape index (κ2) is 8.25. The minimum atomic E-state index is -0.377. The van der Waals surface area contributed by atoms with Gasteiger partial charge < -0.3 is 19.1 Å². The Morgan fingerprint density at radius 2 is 1.83 bits per heavy atom. The number of likely N-dealkylation sites (tertiary alicyclic amines) is 1. The van der Waals surface area contributed by atoms with Crippen LogP contribution in [-0.4, -0.2) is 42.8 Å². The Morgan fingerprint density at radius 3 is 2.45 bits per heavy atom. The number of nitrogens with zero attached hydrogens (tertiary/aromatic N) is 1. The summed E-state index contributed by atoms with van der Waals surface area (Å²) in [6.45, 7) is 1.59. The Morgan fingerprint density at radius 1 is 1.10 bits per heavy atom. The lowest BCUT2D eigenvalue weighted by Crippen LogP contribution is -2.54. The average Bonchev–Trinajstić information content (AvgIpc) is 2.76. The van der Waals surface area contributed by atoms with E-state index in [0.717, 1.165) is 37.0 Å². The number of hydrogen-bond acceptors (Lipinski definition) is 5. The van der Waals surface area contributed by atoms with Crippen molar-refractivity contribution in [3.63, 3.8) is 0 Å². The second-order valence-corrected chi connectivity index (χ2v) is 7.60. The van der Waals surface area contributed by atoms with Crippen LogP contribution in [0.5, 0.6) is 0 Å². The number of carbonyl (C=O) groups excluding carboxylic acids is 2. The van der Waals surface area contributed by atoms with Gasteiger partial charge in [0.05, 0.1) is 30.9 Å². The number of benzene rings is 2. The minimum Gasteiger partial charge on any atom is -0.465 e. The van der Waals surface area contributed by atoms with Crippen LogP contribution >= 0.6 is 0 Å². The van der Waals surface area contributed by atoms with Crippen LogP contribution in [0.15, 0.2) is 54.6 Å². The highest BCUT2D eigenvalue weighted by atomic mass is 16.6. The monoisotopic (exact) mass is 395 g/mol. The number of hydrogen-bond donors (Lipinski definition) is 0. The molecule has 1 amide bonds. The standard InChI is InChI=1S/C23H25NO5/c1-27-21(25)19-9-7-18(8-10-19)20-15-23(12-14-29-23)11-13-24(20)22(26)28-16-17-5-3-2-4-6-17/h2-10,20H,11-16H2,1H3. The number of esters is 1. The smallest absolute Gasteiger partial charge is 0.410 e. The first-order valence-electron chi connectivity index (χ1n) is 9.90. The third-order valence-electron chi connectivity index (χ3n) is 5.87. The summed E-state index contributed by atoms with van der Waals surface area (Å²) in [4.78, 5) is 26.4. The van der Waals surface area contributed by atoms with Crippen molar-refractivity contribution in [1.82, 2.24) is 4.90 Å². The topological polar surface area (TPSA) is 65.1 Å². The van der Waals surface area contributed by atoms with E-state index in [4.69, 9.17) is 14.2 Å². The molecule has 2 saturated heterocycles. The molecule has 6 nitrogen and oxygen atoms in total. The van der Waals surface area contributed by atoms with Gasteiger partial charge in [-0.3, -0.25) is 0 Å². The third-order valence-corrected chi connectivity index (χ3v) is 5.87. The molecule has 2 fully saturated rings. The van der Waals surface area contributed by atoms with Gasteiger partial charge in [-0.25, -0.2) is 9.59 Å². The molecule has 2 aromatic carbocycles. The molecule has 2 aliphatic rings. The summed E-state index contributed by atoms with van der Waals surface area (Å²) in [7, 11) is 1.36. The van der Waals surface area contributed by atoms with E-state index in [-0.39, 0.29) is 30.3 Å². The largest absolute Gasteiger partial charge is 0.465 e. The summed E-state index contributed by atoms with van der Waals surface area (Å²) in [5.74, 6) is -0.377. The predicted octanol–water partition coefficient (Wildman–Crippen LogP) is 4.11. The quantitative estimate of drug-likeness (QED) is 0.729. The molecule has 2 aliphatic heterocycles. The van der Waals surface area contributed by atoms with Gasteiger partial charge >= 0.3 is 12.1 Å². The van der Waals surface area contributed by atoms with Crippen LogP contribution in [0.25, 0.3) is 0 Å². The molecule has 152 valence electrons. The van der Waals surface area contributed by atoms with E-state index in [2.05, 4.69) is 0 Å². The third kappa shape index (κ3) is 4.12. The molecule has 0 aliphatic carbocycles. The van der Waals surface area contributed by atoms with Crippen molar-refractivity contribution in [2.75, 3.05) is 20.3 Å². The first-order valence-corrected chi connectivity index (χ1v) is 9.90. The number of amides is 1.